The van der Waals surface area contributed by atoms with E-state index in [0.29, 0.717) is 11.8 Å². The standard InChI is InChI=1S/C17H23NO3/c1-18-10-13-6-4-8-15(17(13)21-11-16(18)19)12-5-3-7-14(9-12)20-2/h3,5,7,9,13,15,17H,4,6,8,10-11H2,1-2H3. The second kappa shape index (κ2) is 6.06. The van der Waals surface area contributed by atoms with Gasteiger partial charge in [-0.15, -0.1) is 0 Å². The van der Waals surface area contributed by atoms with Crippen LogP contribution in [0.1, 0.15) is 30.7 Å². The van der Waals surface area contributed by atoms with Gasteiger partial charge in [-0.2, -0.15) is 0 Å². The third-order valence-corrected chi connectivity index (χ3v) is 4.81. The van der Waals surface area contributed by atoms with Crippen molar-refractivity contribution in [2.75, 3.05) is 27.3 Å². The summed E-state index contributed by atoms with van der Waals surface area (Å²) in [5.41, 5.74) is 1.26. The highest BCUT2D eigenvalue weighted by atomic mass is 16.5. The number of hydrogen-bond acceptors (Lipinski definition) is 3. The molecule has 21 heavy (non-hydrogen) atoms. The van der Waals surface area contributed by atoms with Crippen LogP contribution in [0.3, 0.4) is 0 Å². The number of hydrogen-bond donors (Lipinski definition) is 0. The molecule has 2 fully saturated rings. The van der Waals surface area contributed by atoms with E-state index in [0.717, 1.165) is 25.1 Å². The minimum Gasteiger partial charge on any atom is -0.497 e. The second-order valence-electron chi connectivity index (χ2n) is 6.12. The molecule has 4 heteroatoms. The molecule has 1 aromatic rings. The summed E-state index contributed by atoms with van der Waals surface area (Å²) in [7, 11) is 3.57. The molecule has 0 bridgehead atoms. The first-order valence-electron chi connectivity index (χ1n) is 7.68. The highest BCUT2D eigenvalue weighted by Gasteiger charge is 2.38. The predicted molar refractivity (Wildman–Crippen MR) is 80.5 cm³/mol. The lowest BCUT2D eigenvalue weighted by Crippen LogP contribution is -2.37. The summed E-state index contributed by atoms with van der Waals surface area (Å²) in [4.78, 5) is 13.7. The fourth-order valence-corrected chi connectivity index (χ4v) is 3.66. The van der Waals surface area contributed by atoms with E-state index >= 15 is 0 Å². The first-order chi connectivity index (χ1) is 10.2. The summed E-state index contributed by atoms with van der Waals surface area (Å²) in [6.45, 7) is 1.02. The maximum absolute atomic E-state index is 11.9. The Bertz CT molecular complexity index is 517. The van der Waals surface area contributed by atoms with Crippen LogP contribution in [-0.2, 0) is 9.53 Å². The molecule has 4 nitrogen and oxygen atoms in total. The molecule has 3 atom stereocenters. The Morgan fingerprint density at radius 2 is 2.19 bits per heavy atom. The van der Waals surface area contributed by atoms with Crippen LogP contribution in [0.2, 0.25) is 0 Å². The zero-order chi connectivity index (χ0) is 14.8. The Balaban J connectivity index is 1.86. The van der Waals surface area contributed by atoms with Crippen molar-refractivity contribution in [3.8, 4) is 5.75 Å². The zero-order valence-electron chi connectivity index (χ0n) is 12.7. The normalized spacial score (nSPS) is 29.7. The molecular formula is C17H23NO3. The van der Waals surface area contributed by atoms with Gasteiger partial charge in [-0.3, -0.25) is 4.79 Å². The van der Waals surface area contributed by atoms with Crippen LogP contribution in [-0.4, -0.2) is 44.2 Å². The number of nitrogens with zero attached hydrogens (tertiary/aromatic N) is 1. The van der Waals surface area contributed by atoms with E-state index in [1.807, 2.05) is 24.1 Å². The lowest BCUT2D eigenvalue weighted by molar-refractivity contribution is -0.134. The van der Waals surface area contributed by atoms with E-state index in [-0.39, 0.29) is 18.6 Å². The molecule has 0 radical (unpaired) electrons. The van der Waals surface area contributed by atoms with Crippen molar-refractivity contribution in [2.24, 2.45) is 5.92 Å². The molecule has 0 aromatic heterocycles. The van der Waals surface area contributed by atoms with Gasteiger partial charge < -0.3 is 14.4 Å². The monoisotopic (exact) mass is 289 g/mol. The predicted octanol–water partition coefficient (Wildman–Crippen LogP) is 2.44. The number of carbonyl (C=O) groups excluding carboxylic acids is 1. The molecule has 1 aliphatic heterocycles. The molecule has 114 valence electrons. The average molecular weight is 289 g/mol. The van der Waals surface area contributed by atoms with E-state index in [2.05, 4.69) is 12.1 Å². The molecule has 2 aliphatic rings. The maximum Gasteiger partial charge on any atom is 0.248 e. The summed E-state index contributed by atoms with van der Waals surface area (Å²) < 4.78 is 11.3. The Morgan fingerprint density at radius 3 is 3.00 bits per heavy atom. The van der Waals surface area contributed by atoms with Crippen molar-refractivity contribution >= 4 is 5.91 Å². The maximum atomic E-state index is 11.9. The Kier molecular flexibility index (Phi) is 4.15. The fraction of sp³-hybridized carbons (Fsp3) is 0.588. The first kappa shape index (κ1) is 14.4. The SMILES string of the molecule is COc1cccc(C2CCCC3CN(C)C(=O)COC32)c1. The quantitative estimate of drug-likeness (QED) is 0.839. The lowest BCUT2D eigenvalue weighted by Gasteiger charge is -2.37. The summed E-state index contributed by atoms with van der Waals surface area (Å²) in [5, 5.41) is 0. The number of methoxy groups -OCH3 is 1. The number of benzene rings is 1. The molecule has 3 rings (SSSR count). The molecule has 1 amide bonds. The van der Waals surface area contributed by atoms with Crippen LogP contribution in [0.25, 0.3) is 0 Å². The highest BCUT2D eigenvalue weighted by molar-refractivity contribution is 5.77. The fourth-order valence-electron chi connectivity index (χ4n) is 3.66. The minimum atomic E-state index is 0.0915. The molecule has 1 aliphatic carbocycles. The Labute approximate surface area is 126 Å². The van der Waals surface area contributed by atoms with Crippen molar-refractivity contribution in [1.82, 2.24) is 4.90 Å². The molecule has 1 aromatic carbocycles. The highest BCUT2D eigenvalue weighted by Crippen LogP contribution is 2.40. The van der Waals surface area contributed by atoms with Gasteiger partial charge in [0.1, 0.15) is 12.4 Å². The van der Waals surface area contributed by atoms with E-state index in [1.54, 1.807) is 7.11 Å². The molecule has 1 saturated carbocycles. The molecular weight excluding hydrogens is 266 g/mol. The number of likely N-dealkylation sites (N-methyl/N-ethyl adjacent to an activating group) is 1. The summed E-state index contributed by atoms with van der Waals surface area (Å²) in [6, 6.07) is 8.25. The number of fused-ring (bicyclic) bond motifs is 1. The lowest BCUT2D eigenvalue weighted by atomic mass is 9.75. The van der Waals surface area contributed by atoms with Crippen molar-refractivity contribution in [1.29, 1.82) is 0 Å². The molecule has 1 saturated heterocycles. The van der Waals surface area contributed by atoms with Crippen LogP contribution < -0.4 is 4.74 Å². The number of carbonyl (C=O) groups is 1. The van der Waals surface area contributed by atoms with Crippen molar-refractivity contribution in [3.05, 3.63) is 29.8 Å². The largest absolute Gasteiger partial charge is 0.497 e. The number of ether oxygens (including phenoxy) is 2. The molecule has 3 unspecified atom stereocenters. The Morgan fingerprint density at radius 1 is 1.33 bits per heavy atom. The third kappa shape index (κ3) is 2.91. The average Bonchev–Trinajstić information content (AvgIpc) is 2.66. The van der Waals surface area contributed by atoms with Crippen molar-refractivity contribution in [2.45, 2.75) is 31.3 Å². The summed E-state index contributed by atoms with van der Waals surface area (Å²) >= 11 is 0. The van der Waals surface area contributed by atoms with Gasteiger partial charge >= 0.3 is 0 Å². The molecule has 0 spiro atoms. The van der Waals surface area contributed by atoms with Crippen LogP contribution in [0.5, 0.6) is 5.75 Å². The third-order valence-electron chi connectivity index (χ3n) is 4.81. The van der Waals surface area contributed by atoms with Crippen LogP contribution in [0.4, 0.5) is 0 Å². The van der Waals surface area contributed by atoms with Crippen LogP contribution in [0.15, 0.2) is 24.3 Å². The molecule has 1 heterocycles. The summed E-state index contributed by atoms with van der Waals surface area (Å²) in [6.07, 6.45) is 3.59. The van der Waals surface area contributed by atoms with Gasteiger partial charge in [0.2, 0.25) is 5.91 Å². The van der Waals surface area contributed by atoms with Gasteiger partial charge in [-0.05, 0) is 30.5 Å². The second-order valence-corrected chi connectivity index (χ2v) is 6.12. The van der Waals surface area contributed by atoms with E-state index in [9.17, 15) is 4.79 Å². The zero-order valence-corrected chi connectivity index (χ0v) is 12.7. The topological polar surface area (TPSA) is 38.8 Å². The minimum absolute atomic E-state index is 0.0915. The number of amides is 1. The smallest absolute Gasteiger partial charge is 0.248 e. The Hall–Kier alpha value is -1.55. The van der Waals surface area contributed by atoms with Gasteiger partial charge in [0, 0.05) is 25.4 Å². The van der Waals surface area contributed by atoms with Crippen molar-refractivity contribution < 1.29 is 14.3 Å². The summed E-state index contributed by atoms with van der Waals surface area (Å²) in [5.74, 6) is 1.77. The van der Waals surface area contributed by atoms with Gasteiger partial charge in [-0.1, -0.05) is 18.6 Å². The van der Waals surface area contributed by atoms with Crippen LogP contribution >= 0.6 is 0 Å². The van der Waals surface area contributed by atoms with Gasteiger partial charge in [0.25, 0.3) is 0 Å². The molecule has 0 N–H and O–H groups in total. The number of rotatable bonds is 2. The van der Waals surface area contributed by atoms with Crippen LogP contribution in [0, 0.1) is 5.92 Å². The van der Waals surface area contributed by atoms with Gasteiger partial charge in [0.05, 0.1) is 13.2 Å². The first-order valence-corrected chi connectivity index (χ1v) is 7.68. The van der Waals surface area contributed by atoms with Crippen molar-refractivity contribution in [3.63, 3.8) is 0 Å². The van der Waals surface area contributed by atoms with E-state index < -0.39 is 0 Å². The van der Waals surface area contributed by atoms with Gasteiger partial charge in [-0.25, -0.2) is 0 Å². The van der Waals surface area contributed by atoms with E-state index in [1.165, 1.54) is 12.0 Å². The van der Waals surface area contributed by atoms with Gasteiger partial charge in [0.15, 0.2) is 0 Å². The van der Waals surface area contributed by atoms with E-state index in [4.69, 9.17) is 9.47 Å².